The highest BCUT2D eigenvalue weighted by Crippen LogP contribution is 2.30. The number of sulfonamides is 1. The monoisotopic (exact) mass is 537 g/mol. The highest BCUT2D eigenvalue weighted by Gasteiger charge is 2.36. The molecule has 1 fully saturated rings. The van der Waals surface area contributed by atoms with Gasteiger partial charge in [0.25, 0.3) is 0 Å². The number of hydrogen-bond donors (Lipinski definition) is 1. The fraction of sp³-hybridized carbons (Fsp3) is 0.379. The molecule has 1 amide bonds. The van der Waals surface area contributed by atoms with Crippen LogP contribution >= 0.6 is 0 Å². The van der Waals surface area contributed by atoms with E-state index >= 15 is 0 Å². The van der Waals surface area contributed by atoms with Crippen LogP contribution < -0.4 is 10.1 Å². The number of para-hydroxylation sites is 1. The van der Waals surface area contributed by atoms with Crippen molar-refractivity contribution in [1.29, 1.82) is 0 Å². The van der Waals surface area contributed by atoms with Gasteiger partial charge in [-0.05, 0) is 69.4 Å². The summed E-state index contributed by atoms with van der Waals surface area (Å²) in [6.07, 6.45) is 4.43. The van der Waals surface area contributed by atoms with Gasteiger partial charge in [0.2, 0.25) is 15.9 Å². The Balaban J connectivity index is 1.44. The second-order valence-corrected chi connectivity index (χ2v) is 11.7. The van der Waals surface area contributed by atoms with E-state index in [1.54, 1.807) is 20.1 Å². The number of nitrogens with one attached hydrogen (secondary N) is 1. The molecule has 1 N–H and O–H groups in total. The van der Waals surface area contributed by atoms with E-state index in [-0.39, 0.29) is 35.6 Å². The molecule has 0 spiro atoms. The molecule has 1 aromatic heterocycles. The van der Waals surface area contributed by atoms with Gasteiger partial charge in [-0.1, -0.05) is 47.1 Å². The van der Waals surface area contributed by atoms with Gasteiger partial charge < -0.3 is 14.6 Å². The molecule has 2 heterocycles. The van der Waals surface area contributed by atoms with Crippen molar-refractivity contribution in [3.63, 3.8) is 0 Å². The molecule has 202 valence electrons. The molecular weight excluding hydrogens is 502 g/mol. The highest BCUT2D eigenvalue weighted by molar-refractivity contribution is 7.89. The molecule has 0 aliphatic carbocycles. The van der Waals surface area contributed by atoms with Crippen molar-refractivity contribution < 1.29 is 22.5 Å². The lowest BCUT2D eigenvalue weighted by Gasteiger charge is -2.30. The number of rotatable bonds is 8. The van der Waals surface area contributed by atoms with E-state index in [2.05, 4.69) is 22.6 Å². The van der Waals surface area contributed by atoms with E-state index in [4.69, 9.17) is 9.26 Å². The quantitative estimate of drug-likeness (QED) is 0.443. The molecule has 1 saturated heterocycles. The van der Waals surface area contributed by atoms with Gasteiger partial charge in [-0.3, -0.25) is 4.79 Å². The highest BCUT2D eigenvalue weighted by atomic mass is 32.2. The third kappa shape index (κ3) is 5.84. The first-order valence-electron chi connectivity index (χ1n) is 12.7. The Hall–Kier alpha value is -3.43. The van der Waals surface area contributed by atoms with Crippen molar-refractivity contribution in [3.05, 3.63) is 75.7 Å². The Bertz CT molecular complexity index is 1430. The molecule has 3 aromatic rings. The first-order valence-corrected chi connectivity index (χ1v) is 14.2. The summed E-state index contributed by atoms with van der Waals surface area (Å²) in [6.45, 7) is 8.59. The van der Waals surface area contributed by atoms with E-state index in [1.165, 1.54) is 9.87 Å². The normalized spacial score (nSPS) is 15.2. The zero-order chi connectivity index (χ0) is 27.4. The van der Waals surface area contributed by atoms with Gasteiger partial charge in [-0.2, -0.15) is 4.31 Å². The molecule has 0 bridgehead atoms. The van der Waals surface area contributed by atoms with Crippen LogP contribution in [0.2, 0.25) is 0 Å². The molecule has 1 aliphatic rings. The molecule has 9 heteroatoms. The second kappa shape index (κ2) is 11.5. The van der Waals surface area contributed by atoms with Crippen LogP contribution in [0.25, 0.3) is 12.2 Å². The first-order chi connectivity index (χ1) is 18.1. The standard InChI is InChI=1S/C29H35N3O5S/c1-19-16-20(2)25(21(3)17-19)10-11-27-28(22(4)31-37-27)38(34,35)32-14-12-23(13-15-32)29(33)30-18-24-8-6-7-9-26(24)36-5/h6-11,16-17,23H,12-15,18H2,1-5H3,(H,30,33). The van der Waals surface area contributed by atoms with Crippen LogP contribution in [-0.4, -0.2) is 44.0 Å². The minimum absolute atomic E-state index is 0.0789. The summed E-state index contributed by atoms with van der Waals surface area (Å²) in [5.74, 6) is 0.585. The van der Waals surface area contributed by atoms with Crippen molar-refractivity contribution in [2.24, 2.45) is 5.92 Å². The van der Waals surface area contributed by atoms with Crippen LogP contribution in [0.5, 0.6) is 5.75 Å². The van der Waals surface area contributed by atoms with E-state index in [0.29, 0.717) is 25.1 Å². The summed E-state index contributed by atoms with van der Waals surface area (Å²) in [6, 6.07) is 11.7. The van der Waals surface area contributed by atoms with E-state index in [0.717, 1.165) is 28.0 Å². The summed E-state index contributed by atoms with van der Waals surface area (Å²) in [4.78, 5) is 12.9. The molecule has 38 heavy (non-hydrogen) atoms. The minimum atomic E-state index is -3.85. The first kappa shape index (κ1) is 27.6. The lowest BCUT2D eigenvalue weighted by atomic mass is 9.97. The van der Waals surface area contributed by atoms with Crippen molar-refractivity contribution in [1.82, 2.24) is 14.8 Å². The van der Waals surface area contributed by atoms with Crippen LogP contribution in [0, 0.1) is 33.6 Å². The molecular formula is C29H35N3O5S. The summed E-state index contributed by atoms with van der Waals surface area (Å²) >= 11 is 0. The van der Waals surface area contributed by atoms with Crippen LogP contribution in [-0.2, 0) is 21.4 Å². The van der Waals surface area contributed by atoms with Crippen LogP contribution in [0.15, 0.2) is 45.8 Å². The number of piperidine rings is 1. The van der Waals surface area contributed by atoms with Crippen LogP contribution in [0.1, 0.15) is 52.1 Å². The molecule has 0 atom stereocenters. The van der Waals surface area contributed by atoms with Gasteiger partial charge in [-0.25, -0.2) is 8.42 Å². The fourth-order valence-electron chi connectivity index (χ4n) is 5.07. The Labute approximate surface area is 224 Å². The molecule has 4 rings (SSSR count). The number of methoxy groups -OCH3 is 1. The summed E-state index contributed by atoms with van der Waals surface area (Å²) in [7, 11) is -2.25. The van der Waals surface area contributed by atoms with E-state index in [1.807, 2.05) is 51.1 Å². The van der Waals surface area contributed by atoms with E-state index in [9.17, 15) is 13.2 Å². The molecule has 8 nitrogen and oxygen atoms in total. The number of benzene rings is 2. The van der Waals surface area contributed by atoms with Gasteiger partial charge in [0.1, 0.15) is 11.4 Å². The van der Waals surface area contributed by atoms with Gasteiger partial charge in [-0.15, -0.1) is 0 Å². The predicted molar refractivity (Wildman–Crippen MR) is 147 cm³/mol. The van der Waals surface area contributed by atoms with Gasteiger partial charge >= 0.3 is 0 Å². The van der Waals surface area contributed by atoms with Crippen molar-refractivity contribution in [2.45, 2.75) is 52.0 Å². The SMILES string of the molecule is COc1ccccc1CNC(=O)C1CCN(S(=O)(=O)c2c(C)noc2C=Cc2c(C)cc(C)cc2C)CC1. The maximum atomic E-state index is 13.6. The maximum Gasteiger partial charge on any atom is 0.248 e. The smallest absolute Gasteiger partial charge is 0.248 e. The van der Waals surface area contributed by atoms with Crippen LogP contribution in [0.4, 0.5) is 0 Å². The Morgan fingerprint density at radius 3 is 2.42 bits per heavy atom. The lowest BCUT2D eigenvalue weighted by molar-refractivity contribution is -0.126. The number of nitrogens with zero attached hydrogens (tertiary/aromatic N) is 2. The Morgan fingerprint density at radius 2 is 1.76 bits per heavy atom. The number of hydrogen-bond acceptors (Lipinski definition) is 6. The summed E-state index contributed by atoms with van der Waals surface area (Å²) in [5.41, 5.74) is 5.61. The number of carbonyl (C=O) groups is 1. The zero-order valence-electron chi connectivity index (χ0n) is 22.6. The van der Waals surface area contributed by atoms with Crippen molar-refractivity contribution in [2.75, 3.05) is 20.2 Å². The van der Waals surface area contributed by atoms with Gasteiger partial charge in [0.05, 0.1) is 7.11 Å². The van der Waals surface area contributed by atoms with Gasteiger partial charge in [0, 0.05) is 31.1 Å². The minimum Gasteiger partial charge on any atom is -0.496 e. The average molecular weight is 538 g/mol. The maximum absolute atomic E-state index is 13.6. The average Bonchev–Trinajstić information content (AvgIpc) is 3.27. The topological polar surface area (TPSA) is 102 Å². The molecule has 2 aromatic carbocycles. The number of amides is 1. The number of ether oxygens (including phenoxy) is 1. The molecule has 0 unspecified atom stereocenters. The second-order valence-electron chi connectivity index (χ2n) is 9.82. The lowest BCUT2D eigenvalue weighted by Crippen LogP contribution is -2.43. The number of carbonyl (C=O) groups excluding carboxylic acids is 1. The molecule has 1 aliphatic heterocycles. The van der Waals surface area contributed by atoms with Crippen molar-refractivity contribution >= 4 is 28.1 Å². The number of aromatic nitrogens is 1. The predicted octanol–water partition coefficient (Wildman–Crippen LogP) is 4.80. The van der Waals surface area contributed by atoms with Crippen LogP contribution in [0.3, 0.4) is 0 Å². The Kier molecular flexibility index (Phi) is 8.38. The van der Waals surface area contributed by atoms with E-state index < -0.39 is 10.0 Å². The Morgan fingerprint density at radius 1 is 1.11 bits per heavy atom. The fourth-order valence-corrected chi connectivity index (χ4v) is 6.79. The largest absolute Gasteiger partial charge is 0.496 e. The number of aryl methyl sites for hydroxylation is 4. The van der Waals surface area contributed by atoms with Gasteiger partial charge in [0.15, 0.2) is 10.7 Å². The third-order valence-electron chi connectivity index (χ3n) is 7.04. The third-order valence-corrected chi connectivity index (χ3v) is 9.10. The summed E-state index contributed by atoms with van der Waals surface area (Å²) < 4.78 is 39.4. The zero-order valence-corrected chi connectivity index (χ0v) is 23.4. The summed E-state index contributed by atoms with van der Waals surface area (Å²) in [5, 5.41) is 6.92. The molecule has 0 radical (unpaired) electrons. The molecule has 0 saturated carbocycles. The van der Waals surface area contributed by atoms with Crippen molar-refractivity contribution in [3.8, 4) is 5.75 Å².